The zero-order valence-electron chi connectivity index (χ0n) is 22.0. The highest BCUT2D eigenvalue weighted by atomic mass is 35.5. The minimum atomic E-state index is -1.43. The molecule has 2 rings (SSSR count). The quantitative estimate of drug-likeness (QED) is 0.315. The van der Waals surface area contributed by atoms with E-state index < -0.39 is 35.6 Å². The molecule has 3 amide bonds. The molecule has 0 bridgehead atoms. The molecule has 0 aliphatic carbocycles. The van der Waals surface area contributed by atoms with Crippen molar-refractivity contribution in [3.63, 3.8) is 0 Å². The smallest absolute Gasteiger partial charge is 0.408 e. The summed E-state index contributed by atoms with van der Waals surface area (Å²) in [5.74, 6) is -1.63. The summed E-state index contributed by atoms with van der Waals surface area (Å²) in [6.45, 7) is 10.6. The lowest BCUT2D eigenvalue weighted by Crippen LogP contribution is -2.51. The van der Waals surface area contributed by atoms with E-state index in [4.69, 9.17) is 22.8 Å². The summed E-state index contributed by atoms with van der Waals surface area (Å²) in [5, 5.41) is 16.2. The van der Waals surface area contributed by atoms with Gasteiger partial charge in [0.25, 0.3) is 11.8 Å². The zero-order valence-corrected chi connectivity index (χ0v) is 22.7. The first-order valence-corrected chi connectivity index (χ1v) is 12.3. The molecule has 2 aromatic carbocycles. The molecule has 0 aliphatic rings. The predicted octanol–water partition coefficient (Wildman–Crippen LogP) is 5.39. The standard InChI is InChI=1S/C28H34ClN3O5/c1-8-32(26(35)21(16-17(2)3)30-27(36)37-28(5,6)7)24(19-13-9-10-15-22(19)33)25(34)31-23-18(4)12-11-14-20(23)29/h1,9-15,17,21,24,33H,16H2,2-7H3,(H,30,36)(H,31,34). The molecular formula is C28H34ClN3O5. The minimum absolute atomic E-state index is 0.00769. The molecule has 0 aliphatic heterocycles. The lowest BCUT2D eigenvalue weighted by molar-refractivity contribution is -0.137. The molecule has 2 unspecified atom stereocenters. The van der Waals surface area contributed by atoms with Crippen LogP contribution < -0.4 is 10.6 Å². The second-order valence-corrected chi connectivity index (χ2v) is 10.5. The second kappa shape index (κ2) is 12.5. The van der Waals surface area contributed by atoms with Crippen molar-refractivity contribution >= 4 is 35.2 Å². The van der Waals surface area contributed by atoms with E-state index in [1.54, 1.807) is 58.0 Å². The fourth-order valence-electron chi connectivity index (χ4n) is 3.67. The van der Waals surface area contributed by atoms with Crippen molar-refractivity contribution in [3.8, 4) is 18.2 Å². The molecule has 0 aromatic heterocycles. The maximum Gasteiger partial charge on any atom is 0.408 e. The Labute approximate surface area is 223 Å². The predicted molar refractivity (Wildman–Crippen MR) is 144 cm³/mol. The van der Waals surface area contributed by atoms with Gasteiger partial charge >= 0.3 is 6.09 Å². The average molecular weight is 528 g/mol. The van der Waals surface area contributed by atoms with Crippen LogP contribution in [0.25, 0.3) is 0 Å². The molecule has 3 N–H and O–H groups in total. The van der Waals surface area contributed by atoms with Crippen LogP contribution in [0.15, 0.2) is 42.5 Å². The number of benzene rings is 2. The first-order chi connectivity index (χ1) is 17.2. The number of phenolic OH excluding ortho intramolecular Hbond substituents is 1. The van der Waals surface area contributed by atoms with Crippen LogP contribution in [0.1, 0.15) is 58.2 Å². The lowest BCUT2D eigenvalue weighted by Gasteiger charge is -2.31. The van der Waals surface area contributed by atoms with E-state index in [0.717, 1.165) is 4.90 Å². The van der Waals surface area contributed by atoms with Crippen LogP contribution in [-0.2, 0) is 14.3 Å². The summed E-state index contributed by atoms with van der Waals surface area (Å²) in [6.07, 6.45) is 5.22. The fourth-order valence-corrected chi connectivity index (χ4v) is 3.94. The SMILES string of the molecule is C#CN(C(=O)C(CC(C)C)NC(=O)OC(C)(C)C)C(C(=O)Nc1c(C)cccc1Cl)c1ccccc1O. The number of halogens is 1. The third-order valence-electron chi connectivity index (χ3n) is 5.28. The summed E-state index contributed by atoms with van der Waals surface area (Å²) < 4.78 is 5.32. The van der Waals surface area contributed by atoms with Crippen molar-refractivity contribution in [1.82, 2.24) is 10.2 Å². The van der Waals surface area contributed by atoms with Crippen LogP contribution >= 0.6 is 11.6 Å². The third kappa shape index (κ3) is 8.16. The van der Waals surface area contributed by atoms with E-state index in [1.807, 2.05) is 13.8 Å². The highest BCUT2D eigenvalue weighted by molar-refractivity contribution is 6.34. The number of ether oxygens (including phenoxy) is 1. The van der Waals surface area contributed by atoms with Gasteiger partial charge in [0.1, 0.15) is 17.4 Å². The molecule has 37 heavy (non-hydrogen) atoms. The molecule has 0 saturated heterocycles. The van der Waals surface area contributed by atoms with Crippen LogP contribution in [0.4, 0.5) is 10.5 Å². The molecule has 0 spiro atoms. The number of amides is 3. The number of nitrogens with zero attached hydrogens (tertiary/aromatic N) is 1. The van der Waals surface area contributed by atoms with Gasteiger partial charge in [-0.1, -0.05) is 62.2 Å². The number of para-hydroxylation sites is 2. The highest BCUT2D eigenvalue weighted by Crippen LogP contribution is 2.32. The van der Waals surface area contributed by atoms with E-state index >= 15 is 0 Å². The summed E-state index contributed by atoms with van der Waals surface area (Å²) in [6, 6.07) is 11.0. The molecule has 2 atom stereocenters. The largest absolute Gasteiger partial charge is 0.508 e. The number of nitrogens with one attached hydrogen (secondary N) is 2. The summed E-state index contributed by atoms with van der Waals surface area (Å²) in [4.78, 5) is 40.8. The Morgan fingerprint density at radius 2 is 1.78 bits per heavy atom. The van der Waals surface area contributed by atoms with Gasteiger partial charge in [-0.15, -0.1) is 0 Å². The maximum absolute atomic E-state index is 13.8. The molecule has 9 heteroatoms. The zero-order chi connectivity index (χ0) is 27.9. The van der Waals surface area contributed by atoms with Crippen LogP contribution in [0.2, 0.25) is 5.02 Å². The molecule has 0 heterocycles. The highest BCUT2D eigenvalue weighted by Gasteiger charge is 2.37. The first-order valence-electron chi connectivity index (χ1n) is 11.9. The first kappa shape index (κ1) is 29.5. The third-order valence-corrected chi connectivity index (χ3v) is 5.60. The Morgan fingerprint density at radius 3 is 2.32 bits per heavy atom. The number of rotatable bonds is 8. The number of hydrogen-bond donors (Lipinski definition) is 3. The van der Waals surface area contributed by atoms with Gasteiger partial charge in [-0.25, -0.2) is 4.79 Å². The normalized spacial score (nSPS) is 12.7. The maximum atomic E-state index is 13.8. The molecule has 0 radical (unpaired) electrons. The minimum Gasteiger partial charge on any atom is -0.508 e. The van der Waals surface area contributed by atoms with E-state index in [2.05, 4.69) is 16.7 Å². The lowest BCUT2D eigenvalue weighted by atomic mass is 9.99. The number of hydrogen-bond acceptors (Lipinski definition) is 5. The molecule has 2 aromatic rings. The Bertz CT molecular complexity index is 1160. The van der Waals surface area contributed by atoms with Crippen molar-refractivity contribution in [2.24, 2.45) is 5.92 Å². The van der Waals surface area contributed by atoms with Gasteiger partial charge in [-0.05, 0) is 57.7 Å². The number of alkyl carbamates (subject to hydrolysis) is 1. The Balaban J connectivity index is 2.52. The number of carbonyl (C=O) groups is 3. The van der Waals surface area contributed by atoms with Crippen LogP contribution in [0.5, 0.6) is 5.75 Å². The molecule has 0 fully saturated rings. The van der Waals surface area contributed by atoms with Gasteiger partial charge in [-0.3, -0.25) is 14.5 Å². The van der Waals surface area contributed by atoms with E-state index in [1.165, 1.54) is 12.1 Å². The van der Waals surface area contributed by atoms with E-state index in [0.29, 0.717) is 16.3 Å². The molecular weight excluding hydrogens is 494 g/mol. The average Bonchev–Trinajstić information content (AvgIpc) is 2.78. The number of aromatic hydroxyl groups is 1. The second-order valence-electron chi connectivity index (χ2n) is 10.0. The number of aryl methyl sites for hydroxylation is 1. The van der Waals surface area contributed by atoms with E-state index in [9.17, 15) is 19.5 Å². The summed E-state index contributed by atoms with van der Waals surface area (Å²) >= 11 is 6.30. The van der Waals surface area contributed by atoms with Crippen molar-refractivity contribution < 1.29 is 24.2 Å². The van der Waals surface area contributed by atoms with Crippen LogP contribution in [0.3, 0.4) is 0 Å². The molecule has 0 saturated carbocycles. The van der Waals surface area contributed by atoms with Crippen molar-refractivity contribution in [2.45, 2.75) is 65.6 Å². The summed E-state index contributed by atoms with van der Waals surface area (Å²) in [5.41, 5.74) is 0.368. The van der Waals surface area contributed by atoms with Crippen molar-refractivity contribution in [3.05, 3.63) is 58.6 Å². The van der Waals surface area contributed by atoms with Gasteiger partial charge in [-0.2, -0.15) is 0 Å². The Kier molecular flexibility index (Phi) is 9.98. The van der Waals surface area contributed by atoms with Gasteiger partial charge in [0.2, 0.25) is 0 Å². The van der Waals surface area contributed by atoms with E-state index in [-0.39, 0.29) is 23.7 Å². The monoisotopic (exact) mass is 527 g/mol. The number of carbonyl (C=O) groups excluding carboxylic acids is 3. The number of anilines is 1. The summed E-state index contributed by atoms with van der Waals surface area (Å²) in [7, 11) is 0. The molecule has 8 nitrogen and oxygen atoms in total. The van der Waals surface area contributed by atoms with Crippen molar-refractivity contribution in [2.75, 3.05) is 5.32 Å². The van der Waals surface area contributed by atoms with Crippen LogP contribution in [0, 0.1) is 25.3 Å². The topological polar surface area (TPSA) is 108 Å². The number of phenols is 1. The number of terminal acetylenes is 1. The van der Waals surface area contributed by atoms with Crippen molar-refractivity contribution in [1.29, 1.82) is 0 Å². The Hall–Kier alpha value is -3.70. The van der Waals surface area contributed by atoms with Crippen LogP contribution in [-0.4, -0.2) is 39.6 Å². The van der Waals surface area contributed by atoms with Gasteiger partial charge < -0.3 is 20.5 Å². The molecule has 198 valence electrons. The van der Waals surface area contributed by atoms with Gasteiger partial charge in [0.05, 0.1) is 10.7 Å². The Morgan fingerprint density at radius 1 is 1.14 bits per heavy atom. The fraction of sp³-hybridized carbons (Fsp3) is 0.393. The van der Waals surface area contributed by atoms with Gasteiger partial charge in [0, 0.05) is 11.6 Å². The van der Waals surface area contributed by atoms with Gasteiger partial charge in [0.15, 0.2) is 6.04 Å².